The van der Waals surface area contributed by atoms with Gasteiger partial charge in [0.15, 0.2) is 6.10 Å². The summed E-state index contributed by atoms with van der Waals surface area (Å²) in [6.45, 7) is -1.72. The van der Waals surface area contributed by atoms with Gasteiger partial charge in [-0.05, 0) is 12.1 Å². The van der Waals surface area contributed by atoms with E-state index in [0.29, 0.717) is 10.8 Å². The summed E-state index contributed by atoms with van der Waals surface area (Å²) in [5.41, 5.74) is 0. The fourth-order valence-corrected chi connectivity index (χ4v) is 1.00. The maximum atomic E-state index is 12.1. The van der Waals surface area contributed by atoms with Crippen LogP contribution in [0.3, 0.4) is 0 Å². The number of alkyl halides is 2. The highest BCUT2D eigenvalue weighted by atomic mass is 35.5. The molecule has 0 heterocycles. The monoisotopic (exact) mass is 206 g/mol. The summed E-state index contributed by atoms with van der Waals surface area (Å²) in [4.78, 5) is 0. The van der Waals surface area contributed by atoms with Crippen molar-refractivity contribution in [2.75, 3.05) is 13.3 Å². The first-order valence-corrected chi connectivity index (χ1v) is 4.19. The Morgan fingerprint density at radius 1 is 1.23 bits per heavy atom. The van der Waals surface area contributed by atoms with E-state index in [2.05, 4.69) is 0 Å². The van der Waals surface area contributed by atoms with Gasteiger partial charge >= 0.3 is 0 Å². The summed E-state index contributed by atoms with van der Waals surface area (Å²) in [7, 11) is 0. The van der Waals surface area contributed by atoms with Crippen molar-refractivity contribution >= 4 is 11.6 Å². The van der Waals surface area contributed by atoms with E-state index >= 15 is 0 Å². The minimum Gasteiger partial charge on any atom is -0.483 e. The van der Waals surface area contributed by atoms with E-state index in [1.807, 2.05) is 0 Å². The molecule has 0 saturated heterocycles. The number of ether oxygens (including phenoxy) is 1. The van der Waals surface area contributed by atoms with E-state index in [4.69, 9.17) is 16.3 Å². The summed E-state index contributed by atoms with van der Waals surface area (Å²) >= 11 is 5.71. The summed E-state index contributed by atoms with van der Waals surface area (Å²) in [5.74, 6) is 0.310. The Hall–Kier alpha value is -0.830. The van der Waals surface area contributed by atoms with Crippen LogP contribution in [0.25, 0.3) is 0 Å². The van der Waals surface area contributed by atoms with Crippen LogP contribution in [-0.2, 0) is 0 Å². The number of hydrogen-bond acceptors (Lipinski definition) is 1. The minimum absolute atomic E-state index is 0.310. The number of hydrogen-bond donors (Lipinski definition) is 0. The lowest BCUT2D eigenvalue weighted by molar-refractivity contribution is 0.134. The molecular weight excluding hydrogens is 198 g/mol. The van der Waals surface area contributed by atoms with Gasteiger partial charge in [0.1, 0.15) is 19.1 Å². The molecule has 0 spiro atoms. The Morgan fingerprint density at radius 3 is 2.38 bits per heavy atom. The van der Waals surface area contributed by atoms with Crippen molar-refractivity contribution in [2.24, 2.45) is 0 Å². The molecule has 1 aromatic rings. The van der Waals surface area contributed by atoms with Crippen molar-refractivity contribution in [1.29, 1.82) is 0 Å². The number of rotatable bonds is 4. The second-order valence-electron chi connectivity index (χ2n) is 2.48. The Kier molecular flexibility index (Phi) is 3.96. The van der Waals surface area contributed by atoms with Gasteiger partial charge in [-0.15, -0.1) is 0 Å². The second kappa shape index (κ2) is 5.02. The van der Waals surface area contributed by atoms with Crippen LogP contribution in [0, 0.1) is 0 Å². The lowest BCUT2D eigenvalue weighted by Crippen LogP contribution is -2.21. The Balaban J connectivity index is 2.67. The lowest BCUT2D eigenvalue weighted by Gasteiger charge is -2.13. The van der Waals surface area contributed by atoms with Gasteiger partial charge in [-0.25, -0.2) is 8.78 Å². The average molecular weight is 207 g/mol. The molecule has 1 nitrogen and oxygen atoms in total. The summed E-state index contributed by atoms with van der Waals surface area (Å²) < 4.78 is 29.1. The molecule has 0 fully saturated rings. The number of benzene rings is 1. The first-order chi connectivity index (χ1) is 6.27. The van der Waals surface area contributed by atoms with Crippen LogP contribution in [0.1, 0.15) is 0 Å². The van der Waals surface area contributed by atoms with Gasteiger partial charge in [0.2, 0.25) is 0 Å². The molecule has 0 aliphatic heterocycles. The molecule has 0 N–H and O–H groups in total. The van der Waals surface area contributed by atoms with E-state index in [0.717, 1.165) is 0 Å². The highest BCUT2D eigenvalue weighted by Crippen LogP contribution is 2.24. The van der Waals surface area contributed by atoms with Crippen molar-refractivity contribution in [2.45, 2.75) is 6.10 Å². The molecule has 0 unspecified atom stereocenters. The third kappa shape index (κ3) is 2.84. The normalized spacial score (nSPS) is 10.5. The van der Waals surface area contributed by atoms with Crippen molar-refractivity contribution in [1.82, 2.24) is 0 Å². The highest BCUT2D eigenvalue weighted by Gasteiger charge is 2.10. The van der Waals surface area contributed by atoms with Gasteiger partial charge in [0, 0.05) is 0 Å². The summed E-state index contributed by atoms with van der Waals surface area (Å²) in [6, 6.07) is 6.58. The molecule has 0 bridgehead atoms. The standard InChI is InChI=1S/C9H9ClF2O/c10-8-3-1-2-4-9(8)13-7(5-11)6-12/h1-4,7H,5-6H2. The lowest BCUT2D eigenvalue weighted by atomic mass is 10.3. The van der Waals surface area contributed by atoms with E-state index < -0.39 is 19.5 Å². The maximum absolute atomic E-state index is 12.1. The van der Waals surface area contributed by atoms with Crippen LogP contribution in [0.2, 0.25) is 5.02 Å². The molecule has 0 saturated carbocycles. The third-order valence-corrected chi connectivity index (χ3v) is 1.79. The van der Waals surface area contributed by atoms with Crippen LogP contribution < -0.4 is 4.74 Å². The predicted octanol–water partition coefficient (Wildman–Crippen LogP) is 3.03. The zero-order valence-corrected chi connectivity index (χ0v) is 7.60. The Bertz CT molecular complexity index is 264. The zero-order valence-electron chi connectivity index (χ0n) is 6.84. The van der Waals surface area contributed by atoms with E-state index in [1.165, 1.54) is 0 Å². The fourth-order valence-electron chi connectivity index (χ4n) is 0.824. The first kappa shape index (κ1) is 10.3. The van der Waals surface area contributed by atoms with Gasteiger partial charge in [0.25, 0.3) is 0 Å². The van der Waals surface area contributed by atoms with Crippen molar-refractivity contribution in [3.05, 3.63) is 29.3 Å². The molecule has 13 heavy (non-hydrogen) atoms. The second-order valence-corrected chi connectivity index (χ2v) is 2.89. The topological polar surface area (TPSA) is 9.23 Å². The Labute approximate surface area is 80.3 Å². The van der Waals surface area contributed by atoms with Crippen LogP contribution in [0.4, 0.5) is 8.78 Å². The van der Waals surface area contributed by atoms with Crippen molar-refractivity contribution in [3.63, 3.8) is 0 Å². The Morgan fingerprint density at radius 2 is 1.85 bits per heavy atom. The SMILES string of the molecule is FCC(CF)Oc1ccccc1Cl. The van der Waals surface area contributed by atoms with Gasteiger partial charge in [-0.2, -0.15) is 0 Å². The van der Waals surface area contributed by atoms with Gasteiger partial charge in [-0.3, -0.25) is 0 Å². The van der Waals surface area contributed by atoms with E-state index in [9.17, 15) is 8.78 Å². The molecule has 72 valence electrons. The van der Waals surface area contributed by atoms with Crippen LogP contribution in [0.5, 0.6) is 5.75 Å². The molecule has 4 heteroatoms. The molecule has 0 radical (unpaired) electrons. The zero-order chi connectivity index (χ0) is 9.68. The average Bonchev–Trinajstić information content (AvgIpc) is 2.17. The number of halogens is 3. The first-order valence-electron chi connectivity index (χ1n) is 3.81. The quantitative estimate of drug-likeness (QED) is 0.736. The highest BCUT2D eigenvalue weighted by molar-refractivity contribution is 6.32. The van der Waals surface area contributed by atoms with Crippen molar-refractivity contribution < 1.29 is 13.5 Å². The smallest absolute Gasteiger partial charge is 0.155 e. The summed E-state index contributed by atoms with van der Waals surface area (Å²) in [6.07, 6.45) is -1.06. The van der Waals surface area contributed by atoms with Crippen molar-refractivity contribution in [3.8, 4) is 5.75 Å². The third-order valence-electron chi connectivity index (χ3n) is 1.47. The molecule has 0 aliphatic rings. The van der Waals surface area contributed by atoms with Crippen LogP contribution in [-0.4, -0.2) is 19.5 Å². The fraction of sp³-hybridized carbons (Fsp3) is 0.333. The number of para-hydroxylation sites is 1. The van der Waals surface area contributed by atoms with E-state index in [-0.39, 0.29) is 0 Å². The minimum atomic E-state index is -1.06. The molecule has 0 aliphatic carbocycles. The molecule has 1 rings (SSSR count). The summed E-state index contributed by atoms with van der Waals surface area (Å²) in [5, 5.41) is 0.356. The molecule has 0 amide bonds. The molecule has 0 aromatic heterocycles. The molecule has 0 atom stereocenters. The molecule has 1 aromatic carbocycles. The van der Waals surface area contributed by atoms with Gasteiger partial charge in [0.05, 0.1) is 5.02 Å². The van der Waals surface area contributed by atoms with Crippen LogP contribution >= 0.6 is 11.6 Å². The largest absolute Gasteiger partial charge is 0.483 e. The predicted molar refractivity (Wildman–Crippen MR) is 47.8 cm³/mol. The van der Waals surface area contributed by atoms with Gasteiger partial charge in [-0.1, -0.05) is 23.7 Å². The van der Waals surface area contributed by atoms with E-state index in [1.54, 1.807) is 24.3 Å². The van der Waals surface area contributed by atoms with Crippen LogP contribution in [0.15, 0.2) is 24.3 Å². The van der Waals surface area contributed by atoms with Gasteiger partial charge < -0.3 is 4.74 Å². The maximum Gasteiger partial charge on any atom is 0.155 e. The molecular formula is C9H9ClF2O.